The number of amides is 3. The molecule has 0 radical (unpaired) electrons. The number of hydrogen-bond donors (Lipinski definition) is 4. The van der Waals surface area contributed by atoms with Crippen LogP contribution in [0.2, 0.25) is 0 Å². The van der Waals surface area contributed by atoms with E-state index < -0.39 is 36.2 Å². The smallest absolute Gasteiger partial charge is 0.413 e. The third-order valence-corrected chi connectivity index (χ3v) is 5.07. The molecule has 0 aliphatic carbocycles. The number of nitrogens with zero attached hydrogens (tertiary/aromatic N) is 4. The van der Waals surface area contributed by atoms with Gasteiger partial charge in [0.05, 0.1) is 45.7 Å². The van der Waals surface area contributed by atoms with Crippen LogP contribution in [0.4, 0.5) is 22.1 Å². The Morgan fingerprint density at radius 2 is 1.92 bits per heavy atom. The Kier molecular flexibility index (Phi) is 12.6. The Balaban J connectivity index is 2.01. The Labute approximate surface area is 226 Å². The zero-order chi connectivity index (χ0) is 28.8. The summed E-state index contributed by atoms with van der Waals surface area (Å²) >= 11 is 0. The maximum Gasteiger partial charge on any atom is 0.413 e. The van der Waals surface area contributed by atoms with Gasteiger partial charge in [-0.3, -0.25) is 19.7 Å². The van der Waals surface area contributed by atoms with Crippen molar-refractivity contribution in [1.29, 1.82) is 0 Å². The minimum atomic E-state index is -1.22. The highest BCUT2D eigenvalue weighted by Gasteiger charge is 2.30. The summed E-state index contributed by atoms with van der Waals surface area (Å²) in [5, 5.41) is 17.5. The van der Waals surface area contributed by atoms with Gasteiger partial charge in [-0.25, -0.2) is 14.8 Å². The predicted molar refractivity (Wildman–Crippen MR) is 138 cm³/mol. The summed E-state index contributed by atoms with van der Waals surface area (Å²) in [5.74, 6) is -1.22. The molecule has 0 saturated heterocycles. The third kappa shape index (κ3) is 11.3. The van der Waals surface area contributed by atoms with E-state index in [1.165, 1.54) is 6.33 Å². The summed E-state index contributed by atoms with van der Waals surface area (Å²) in [6.45, 7) is 5.88. The maximum absolute atomic E-state index is 13.2. The first kappa shape index (κ1) is 31.5. The normalized spacial score (nSPS) is 13.2. The Hall–Kier alpha value is -3.76. The zero-order valence-corrected chi connectivity index (χ0v) is 22.6. The number of methoxy groups -OCH3 is 1. The number of carboxylic acid groups (broad SMARTS) is 1. The number of carboxylic acids is 1. The van der Waals surface area contributed by atoms with E-state index >= 15 is 0 Å². The summed E-state index contributed by atoms with van der Waals surface area (Å²) in [4.78, 5) is 58.9. The SMILES string of the molecule is COCCOCCOCC(CN(CC(=O)O)C(=O)CN1CNc2c(NC(=O)OC(C)(C)C)ncnc21)NC=O. The van der Waals surface area contributed by atoms with Crippen molar-refractivity contribution in [3.8, 4) is 0 Å². The van der Waals surface area contributed by atoms with Crippen LogP contribution < -0.4 is 20.9 Å². The number of carbonyl (C=O) groups is 4. The molecule has 0 fully saturated rings. The van der Waals surface area contributed by atoms with Gasteiger partial charge in [0, 0.05) is 13.7 Å². The van der Waals surface area contributed by atoms with Crippen molar-refractivity contribution < 1.29 is 43.2 Å². The largest absolute Gasteiger partial charge is 0.480 e. The summed E-state index contributed by atoms with van der Waals surface area (Å²) in [6.07, 6.45) is 0.985. The second-order valence-corrected chi connectivity index (χ2v) is 9.41. The molecule has 0 spiro atoms. The van der Waals surface area contributed by atoms with Crippen molar-refractivity contribution >= 4 is 41.7 Å². The summed E-state index contributed by atoms with van der Waals surface area (Å²) in [6, 6.07) is -0.652. The average Bonchev–Trinajstić information content (AvgIpc) is 3.25. The van der Waals surface area contributed by atoms with Crippen molar-refractivity contribution in [2.75, 3.05) is 82.0 Å². The van der Waals surface area contributed by atoms with E-state index in [1.54, 1.807) is 32.8 Å². The lowest BCUT2D eigenvalue weighted by Gasteiger charge is -2.28. The molecule has 218 valence electrons. The van der Waals surface area contributed by atoms with Crippen molar-refractivity contribution in [2.24, 2.45) is 0 Å². The number of hydrogen-bond acceptors (Lipinski definition) is 12. The second kappa shape index (κ2) is 15.6. The number of aromatic nitrogens is 2. The van der Waals surface area contributed by atoms with E-state index in [9.17, 15) is 24.3 Å². The molecular formula is C23H37N7O9. The molecule has 1 atom stereocenters. The van der Waals surface area contributed by atoms with Crippen LogP contribution in [-0.2, 0) is 33.3 Å². The number of carbonyl (C=O) groups excluding carboxylic acids is 3. The standard InChI is InChI=1S/C23H37N7O9/c1-23(2,3)39-22(35)28-20-19-21(25-13-24-20)30(14-26-19)10-17(32)29(11-18(33)34)9-16(27-15-31)12-38-8-7-37-6-5-36-4/h13,15-16,26H,5-12,14H2,1-4H3,(H,27,31)(H,33,34)(H,24,25,28,35). The fraction of sp³-hybridized carbons (Fsp3) is 0.652. The molecule has 0 saturated carbocycles. The van der Waals surface area contributed by atoms with E-state index in [0.29, 0.717) is 37.7 Å². The molecular weight excluding hydrogens is 518 g/mol. The Bertz CT molecular complexity index is 974. The fourth-order valence-electron chi connectivity index (χ4n) is 3.44. The summed E-state index contributed by atoms with van der Waals surface area (Å²) < 4.78 is 21.0. The lowest BCUT2D eigenvalue weighted by atomic mass is 10.2. The molecule has 0 aromatic carbocycles. The number of fused-ring (bicyclic) bond motifs is 1. The van der Waals surface area contributed by atoms with Crippen LogP contribution in [0.1, 0.15) is 20.8 Å². The monoisotopic (exact) mass is 555 g/mol. The van der Waals surface area contributed by atoms with Crippen LogP contribution in [0, 0.1) is 0 Å². The van der Waals surface area contributed by atoms with E-state index in [-0.39, 0.29) is 38.8 Å². The quantitative estimate of drug-likeness (QED) is 0.145. The first-order chi connectivity index (χ1) is 18.5. The third-order valence-electron chi connectivity index (χ3n) is 5.07. The summed E-state index contributed by atoms with van der Waals surface area (Å²) in [5.41, 5.74) is -0.318. The topological polar surface area (TPSA) is 194 Å². The van der Waals surface area contributed by atoms with E-state index in [4.69, 9.17) is 18.9 Å². The molecule has 2 heterocycles. The minimum Gasteiger partial charge on any atom is -0.480 e. The van der Waals surface area contributed by atoms with Gasteiger partial charge in [-0.05, 0) is 20.8 Å². The average molecular weight is 556 g/mol. The van der Waals surface area contributed by atoms with Gasteiger partial charge < -0.3 is 44.5 Å². The highest BCUT2D eigenvalue weighted by molar-refractivity contribution is 5.94. The van der Waals surface area contributed by atoms with Crippen molar-refractivity contribution in [2.45, 2.75) is 32.4 Å². The molecule has 16 nitrogen and oxygen atoms in total. The highest BCUT2D eigenvalue weighted by Crippen LogP contribution is 2.34. The van der Waals surface area contributed by atoms with Crippen LogP contribution in [0.5, 0.6) is 0 Å². The molecule has 0 bridgehead atoms. The number of ether oxygens (including phenoxy) is 4. The Morgan fingerprint density at radius 1 is 1.21 bits per heavy atom. The molecule has 39 heavy (non-hydrogen) atoms. The van der Waals surface area contributed by atoms with E-state index in [2.05, 4.69) is 25.9 Å². The molecule has 4 N–H and O–H groups in total. The van der Waals surface area contributed by atoms with Crippen LogP contribution in [0.15, 0.2) is 6.33 Å². The molecule has 1 aromatic rings. The molecule has 1 aliphatic rings. The van der Waals surface area contributed by atoms with Crippen molar-refractivity contribution in [3.05, 3.63) is 6.33 Å². The first-order valence-corrected chi connectivity index (χ1v) is 12.2. The second-order valence-electron chi connectivity index (χ2n) is 9.41. The van der Waals surface area contributed by atoms with Crippen LogP contribution in [0.25, 0.3) is 0 Å². The van der Waals surface area contributed by atoms with Gasteiger partial charge in [0.2, 0.25) is 12.3 Å². The Morgan fingerprint density at radius 3 is 2.59 bits per heavy atom. The van der Waals surface area contributed by atoms with Crippen LogP contribution in [-0.4, -0.2) is 122 Å². The molecule has 1 aromatic heterocycles. The number of rotatable bonds is 17. The maximum atomic E-state index is 13.2. The zero-order valence-electron chi connectivity index (χ0n) is 22.6. The van der Waals surface area contributed by atoms with E-state index in [1.807, 2.05) is 0 Å². The molecule has 16 heteroatoms. The van der Waals surface area contributed by atoms with Gasteiger partial charge in [-0.2, -0.15) is 0 Å². The van der Waals surface area contributed by atoms with Gasteiger partial charge >= 0.3 is 12.1 Å². The summed E-state index contributed by atoms with van der Waals surface area (Å²) in [7, 11) is 1.56. The fourth-order valence-corrected chi connectivity index (χ4v) is 3.44. The first-order valence-electron chi connectivity index (χ1n) is 12.2. The lowest BCUT2D eigenvalue weighted by molar-refractivity contribution is -0.144. The molecule has 2 rings (SSSR count). The van der Waals surface area contributed by atoms with Crippen LogP contribution >= 0.6 is 0 Å². The predicted octanol–water partition coefficient (Wildman–Crippen LogP) is -0.280. The van der Waals surface area contributed by atoms with Gasteiger partial charge in [-0.1, -0.05) is 0 Å². The number of aliphatic carboxylic acids is 1. The van der Waals surface area contributed by atoms with Crippen molar-refractivity contribution in [3.63, 3.8) is 0 Å². The van der Waals surface area contributed by atoms with Crippen molar-refractivity contribution in [1.82, 2.24) is 20.2 Å². The van der Waals surface area contributed by atoms with Crippen LogP contribution in [0.3, 0.4) is 0 Å². The lowest BCUT2D eigenvalue weighted by Crippen LogP contribution is -2.50. The van der Waals surface area contributed by atoms with Gasteiger partial charge in [0.15, 0.2) is 11.6 Å². The van der Waals surface area contributed by atoms with Gasteiger partial charge in [0.25, 0.3) is 0 Å². The number of nitrogens with one attached hydrogen (secondary N) is 3. The van der Waals surface area contributed by atoms with E-state index in [0.717, 1.165) is 4.90 Å². The molecule has 3 amide bonds. The highest BCUT2D eigenvalue weighted by atomic mass is 16.6. The van der Waals surface area contributed by atoms with Gasteiger partial charge in [-0.15, -0.1) is 0 Å². The minimum absolute atomic E-state index is 0.0385. The molecule has 1 aliphatic heterocycles. The van der Waals surface area contributed by atoms with Gasteiger partial charge in [0.1, 0.15) is 30.7 Å². The molecule has 1 unspecified atom stereocenters. The number of anilines is 3.